The van der Waals surface area contributed by atoms with Crippen molar-refractivity contribution in [1.82, 2.24) is 4.98 Å². The number of fused-ring (bicyclic) bond motifs is 1. The third kappa shape index (κ3) is 5.70. The average molecular weight is 349 g/mol. The van der Waals surface area contributed by atoms with Crippen LogP contribution in [0.2, 0.25) is 0 Å². The Morgan fingerprint density at radius 3 is 2.29 bits per heavy atom. The van der Waals surface area contributed by atoms with Crippen molar-refractivity contribution in [3.63, 3.8) is 0 Å². The second-order valence-corrected chi connectivity index (χ2v) is 8.20. The van der Waals surface area contributed by atoms with E-state index in [4.69, 9.17) is 9.05 Å². The lowest BCUT2D eigenvalue weighted by Gasteiger charge is -2.18. The fourth-order valence-electron chi connectivity index (χ4n) is 2.40. The maximum absolute atomic E-state index is 13.0. The van der Waals surface area contributed by atoms with Crippen LogP contribution in [0, 0.1) is 6.92 Å². The molecule has 0 aliphatic carbocycles. The number of benzene rings is 1. The zero-order chi connectivity index (χ0) is 17.4. The minimum Gasteiger partial charge on any atom is -0.308 e. The van der Waals surface area contributed by atoms with Gasteiger partial charge in [-0.2, -0.15) is 0 Å². The molecule has 2 aromatic rings. The molecule has 0 radical (unpaired) electrons. The molecule has 1 aromatic carbocycles. The highest BCUT2D eigenvalue weighted by Crippen LogP contribution is 2.51. The zero-order valence-electron chi connectivity index (χ0n) is 15.0. The number of hydrogen-bond donors (Lipinski definition) is 0. The Morgan fingerprint density at radius 2 is 1.67 bits per heavy atom. The SMILES string of the molecule is CCCCOP(=O)(Cc1ccc2cc(C)ccc2n1)OCCCC. The first kappa shape index (κ1) is 19.1. The molecule has 0 saturated heterocycles. The smallest absolute Gasteiger partial charge is 0.308 e. The van der Waals surface area contributed by atoms with Crippen LogP contribution in [0.5, 0.6) is 0 Å². The number of nitrogens with zero attached hydrogens (tertiary/aromatic N) is 1. The van der Waals surface area contributed by atoms with Gasteiger partial charge in [-0.05, 0) is 38.0 Å². The molecule has 1 aromatic heterocycles. The van der Waals surface area contributed by atoms with E-state index in [2.05, 4.69) is 31.8 Å². The van der Waals surface area contributed by atoms with Gasteiger partial charge >= 0.3 is 7.60 Å². The van der Waals surface area contributed by atoms with E-state index in [9.17, 15) is 4.57 Å². The lowest BCUT2D eigenvalue weighted by molar-refractivity contribution is 0.198. The van der Waals surface area contributed by atoms with Gasteiger partial charge in [0.1, 0.15) is 0 Å². The second-order valence-electron chi connectivity index (χ2n) is 6.14. The van der Waals surface area contributed by atoms with E-state index in [0.29, 0.717) is 13.2 Å². The third-order valence-corrected chi connectivity index (χ3v) is 5.69. The summed E-state index contributed by atoms with van der Waals surface area (Å²) < 4.78 is 24.3. The van der Waals surface area contributed by atoms with Crippen LogP contribution in [0.25, 0.3) is 10.9 Å². The van der Waals surface area contributed by atoms with Crippen LogP contribution < -0.4 is 0 Å². The lowest BCUT2D eigenvalue weighted by atomic mass is 10.1. The third-order valence-electron chi connectivity index (χ3n) is 3.83. The molecule has 5 heteroatoms. The Labute approximate surface area is 145 Å². The maximum Gasteiger partial charge on any atom is 0.336 e. The van der Waals surface area contributed by atoms with Gasteiger partial charge in [0.05, 0.1) is 30.6 Å². The van der Waals surface area contributed by atoms with E-state index in [-0.39, 0.29) is 6.16 Å². The molecule has 0 fully saturated rings. The number of rotatable bonds is 10. The molecule has 0 N–H and O–H groups in total. The Bertz CT molecular complexity index is 688. The van der Waals surface area contributed by atoms with Crippen LogP contribution in [0.1, 0.15) is 50.8 Å². The van der Waals surface area contributed by atoms with Gasteiger partial charge in [0.15, 0.2) is 0 Å². The van der Waals surface area contributed by atoms with Crippen LogP contribution >= 0.6 is 7.60 Å². The second kappa shape index (κ2) is 9.31. The van der Waals surface area contributed by atoms with Crippen molar-refractivity contribution in [2.24, 2.45) is 0 Å². The molecule has 0 unspecified atom stereocenters. The van der Waals surface area contributed by atoms with Crippen molar-refractivity contribution < 1.29 is 13.6 Å². The van der Waals surface area contributed by atoms with E-state index in [0.717, 1.165) is 42.3 Å². The maximum atomic E-state index is 13.0. The van der Waals surface area contributed by atoms with Crippen LogP contribution in [0.15, 0.2) is 30.3 Å². The average Bonchev–Trinajstić information content (AvgIpc) is 2.55. The van der Waals surface area contributed by atoms with Crippen molar-refractivity contribution in [2.45, 2.75) is 52.6 Å². The highest BCUT2D eigenvalue weighted by Gasteiger charge is 2.25. The van der Waals surface area contributed by atoms with Gasteiger partial charge in [-0.15, -0.1) is 0 Å². The first-order valence-electron chi connectivity index (χ1n) is 8.80. The minimum atomic E-state index is -3.15. The van der Waals surface area contributed by atoms with Crippen molar-refractivity contribution in [2.75, 3.05) is 13.2 Å². The molecule has 0 atom stereocenters. The van der Waals surface area contributed by atoms with Gasteiger partial charge in [0.2, 0.25) is 0 Å². The summed E-state index contributed by atoms with van der Waals surface area (Å²) >= 11 is 0. The predicted molar refractivity (Wildman–Crippen MR) is 99.5 cm³/mol. The van der Waals surface area contributed by atoms with Gasteiger partial charge in [-0.3, -0.25) is 9.55 Å². The summed E-state index contributed by atoms with van der Waals surface area (Å²) in [5.74, 6) is 0. The lowest BCUT2D eigenvalue weighted by Crippen LogP contribution is -2.03. The molecule has 24 heavy (non-hydrogen) atoms. The summed E-state index contributed by atoms with van der Waals surface area (Å²) in [6.07, 6.45) is 3.99. The zero-order valence-corrected chi connectivity index (χ0v) is 15.9. The fourth-order valence-corrected chi connectivity index (χ4v) is 4.04. The standard InChI is InChI=1S/C19H28NO3P/c1-4-6-12-22-24(21,23-13-7-5-2)15-18-10-9-17-14-16(3)8-11-19(17)20-18/h8-11,14H,4-7,12-13,15H2,1-3H3. The molecular formula is C19H28NO3P. The molecule has 0 amide bonds. The molecule has 0 aliphatic heterocycles. The Hall–Kier alpha value is -1.22. The normalized spacial score (nSPS) is 12.0. The van der Waals surface area contributed by atoms with Crippen LogP contribution in [-0.2, 0) is 19.8 Å². The molecule has 132 valence electrons. The van der Waals surface area contributed by atoms with Gasteiger partial charge < -0.3 is 9.05 Å². The molecule has 2 rings (SSSR count). The first-order valence-corrected chi connectivity index (χ1v) is 10.5. The van der Waals surface area contributed by atoms with Gasteiger partial charge in [-0.25, -0.2) is 0 Å². The monoisotopic (exact) mass is 349 g/mol. The van der Waals surface area contributed by atoms with E-state index in [1.807, 2.05) is 24.3 Å². The van der Waals surface area contributed by atoms with E-state index in [1.165, 1.54) is 5.56 Å². The molecular weight excluding hydrogens is 321 g/mol. The summed E-state index contributed by atoms with van der Waals surface area (Å²) in [5.41, 5.74) is 2.86. The van der Waals surface area contributed by atoms with Crippen LogP contribution in [0.3, 0.4) is 0 Å². The first-order chi connectivity index (χ1) is 11.6. The molecule has 0 bridgehead atoms. The molecule has 4 nitrogen and oxygen atoms in total. The Kier molecular flexibility index (Phi) is 7.41. The fraction of sp³-hybridized carbons (Fsp3) is 0.526. The van der Waals surface area contributed by atoms with Crippen molar-refractivity contribution in [3.05, 3.63) is 41.6 Å². The topological polar surface area (TPSA) is 48.4 Å². The number of unbranched alkanes of at least 4 members (excludes halogenated alkanes) is 2. The summed E-state index contributed by atoms with van der Waals surface area (Å²) in [6, 6.07) is 10.1. The summed E-state index contributed by atoms with van der Waals surface area (Å²) in [7, 11) is -3.15. The molecule has 1 heterocycles. The quantitative estimate of drug-likeness (QED) is 0.397. The summed E-state index contributed by atoms with van der Waals surface area (Å²) in [4.78, 5) is 4.63. The molecule has 0 aliphatic rings. The van der Waals surface area contributed by atoms with Crippen LogP contribution in [0.4, 0.5) is 0 Å². The number of pyridine rings is 1. The van der Waals surface area contributed by atoms with E-state index < -0.39 is 7.60 Å². The highest BCUT2D eigenvalue weighted by atomic mass is 31.2. The molecule has 0 saturated carbocycles. The van der Waals surface area contributed by atoms with Crippen LogP contribution in [-0.4, -0.2) is 18.2 Å². The van der Waals surface area contributed by atoms with Crippen molar-refractivity contribution >= 4 is 18.5 Å². The minimum absolute atomic E-state index is 0.226. The Morgan fingerprint density at radius 1 is 1.00 bits per heavy atom. The summed E-state index contributed by atoms with van der Waals surface area (Å²) in [5, 5.41) is 1.09. The van der Waals surface area contributed by atoms with Crippen molar-refractivity contribution in [1.29, 1.82) is 0 Å². The van der Waals surface area contributed by atoms with Gasteiger partial charge in [-0.1, -0.05) is 44.4 Å². The number of aromatic nitrogens is 1. The summed E-state index contributed by atoms with van der Waals surface area (Å²) in [6.45, 7) is 7.16. The van der Waals surface area contributed by atoms with E-state index in [1.54, 1.807) is 0 Å². The molecule has 0 spiro atoms. The van der Waals surface area contributed by atoms with Gasteiger partial charge in [0.25, 0.3) is 0 Å². The van der Waals surface area contributed by atoms with Crippen molar-refractivity contribution in [3.8, 4) is 0 Å². The highest BCUT2D eigenvalue weighted by molar-refractivity contribution is 7.53. The largest absolute Gasteiger partial charge is 0.336 e. The Balaban J connectivity index is 2.14. The van der Waals surface area contributed by atoms with Gasteiger partial charge in [0, 0.05) is 5.39 Å². The van der Waals surface area contributed by atoms with E-state index >= 15 is 0 Å². The number of aryl methyl sites for hydroxylation is 1. The number of hydrogen-bond acceptors (Lipinski definition) is 4. The predicted octanol–water partition coefficient (Wildman–Crippen LogP) is 5.87.